The Morgan fingerprint density at radius 2 is 1.50 bits per heavy atom. The molecule has 0 unspecified atom stereocenters. The zero-order valence-corrected chi connectivity index (χ0v) is 12.5. The first-order valence-corrected chi connectivity index (χ1v) is 6.93. The van der Waals surface area contributed by atoms with Crippen LogP contribution in [0.15, 0.2) is 54.6 Å². The van der Waals surface area contributed by atoms with E-state index in [4.69, 9.17) is 5.73 Å². The molecule has 2 aromatic carbocycles. The van der Waals surface area contributed by atoms with Crippen LogP contribution in [0.1, 0.15) is 24.0 Å². The highest BCUT2D eigenvalue weighted by molar-refractivity contribution is 5.85. The highest BCUT2D eigenvalue weighted by Gasteiger charge is 1.94. The van der Waals surface area contributed by atoms with Crippen LogP contribution in [0.4, 0.5) is 5.69 Å². The molecule has 0 aromatic heterocycles. The second-order valence-electron chi connectivity index (χ2n) is 4.86. The Balaban J connectivity index is 0.00000200. The maximum atomic E-state index is 5.67. The van der Waals surface area contributed by atoms with Crippen molar-refractivity contribution in [3.63, 3.8) is 0 Å². The molecule has 20 heavy (non-hydrogen) atoms. The normalized spacial score (nSPS) is 10.0. The Kier molecular flexibility index (Phi) is 7.78. The molecular formula is C17H23ClN2. The molecular weight excluding hydrogens is 268 g/mol. The molecule has 0 aliphatic heterocycles. The van der Waals surface area contributed by atoms with Crippen molar-refractivity contribution in [2.75, 3.05) is 12.3 Å². The summed E-state index contributed by atoms with van der Waals surface area (Å²) in [7, 11) is 0. The predicted molar refractivity (Wildman–Crippen MR) is 89.2 cm³/mol. The summed E-state index contributed by atoms with van der Waals surface area (Å²) in [5.41, 5.74) is 9.23. The summed E-state index contributed by atoms with van der Waals surface area (Å²) in [5.74, 6) is 0. The SMILES string of the molecule is Cl.Nc1ccc(CCCCNCc2ccccc2)cc1. The summed E-state index contributed by atoms with van der Waals surface area (Å²) in [6.07, 6.45) is 3.55. The summed E-state index contributed by atoms with van der Waals surface area (Å²) >= 11 is 0. The molecule has 0 fully saturated rings. The molecule has 0 atom stereocenters. The summed E-state index contributed by atoms with van der Waals surface area (Å²) < 4.78 is 0. The zero-order valence-electron chi connectivity index (χ0n) is 11.7. The molecule has 0 saturated carbocycles. The van der Waals surface area contributed by atoms with Gasteiger partial charge in [0.05, 0.1) is 0 Å². The van der Waals surface area contributed by atoms with Gasteiger partial charge in [-0.2, -0.15) is 0 Å². The first kappa shape index (κ1) is 16.5. The molecule has 2 rings (SSSR count). The van der Waals surface area contributed by atoms with Gasteiger partial charge in [0.15, 0.2) is 0 Å². The van der Waals surface area contributed by atoms with Gasteiger partial charge < -0.3 is 11.1 Å². The van der Waals surface area contributed by atoms with Crippen LogP contribution in [0.2, 0.25) is 0 Å². The van der Waals surface area contributed by atoms with Gasteiger partial charge in [-0.1, -0.05) is 42.5 Å². The molecule has 0 saturated heterocycles. The van der Waals surface area contributed by atoms with Gasteiger partial charge in [-0.15, -0.1) is 12.4 Å². The minimum Gasteiger partial charge on any atom is -0.399 e. The topological polar surface area (TPSA) is 38.0 Å². The number of hydrogen-bond acceptors (Lipinski definition) is 2. The molecule has 0 heterocycles. The van der Waals surface area contributed by atoms with Crippen molar-refractivity contribution < 1.29 is 0 Å². The van der Waals surface area contributed by atoms with E-state index in [1.54, 1.807) is 0 Å². The van der Waals surface area contributed by atoms with Gasteiger partial charge in [0.2, 0.25) is 0 Å². The average Bonchev–Trinajstić information content (AvgIpc) is 2.46. The second kappa shape index (κ2) is 9.40. The van der Waals surface area contributed by atoms with Gasteiger partial charge in [0, 0.05) is 12.2 Å². The smallest absolute Gasteiger partial charge is 0.0314 e. The fourth-order valence-corrected chi connectivity index (χ4v) is 2.09. The van der Waals surface area contributed by atoms with E-state index in [0.717, 1.165) is 25.2 Å². The van der Waals surface area contributed by atoms with Crippen molar-refractivity contribution >= 4 is 18.1 Å². The van der Waals surface area contributed by atoms with E-state index in [1.165, 1.54) is 24.0 Å². The van der Waals surface area contributed by atoms with Gasteiger partial charge in [0.1, 0.15) is 0 Å². The number of nitrogens with two attached hydrogens (primary N) is 1. The fraction of sp³-hybridized carbons (Fsp3) is 0.294. The van der Waals surface area contributed by atoms with Crippen molar-refractivity contribution in [3.05, 3.63) is 65.7 Å². The third kappa shape index (κ3) is 6.09. The maximum Gasteiger partial charge on any atom is 0.0314 e. The van der Waals surface area contributed by atoms with Crippen LogP contribution in [0.5, 0.6) is 0 Å². The number of rotatable bonds is 7. The highest BCUT2D eigenvalue weighted by atomic mass is 35.5. The molecule has 3 heteroatoms. The molecule has 0 amide bonds. The molecule has 2 nitrogen and oxygen atoms in total. The lowest BCUT2D eigenvalue weighted by atomic mass is 10.1. The molecule has 0 bridgehead atoms. The summed E-state index contributed by atoms with van der Waals surface area (Å²) in [6, 6.07) is 18.7. The van der Waals surface area contributed by atoms with Crippen molar-refractivity contribution in [3.8, 4) is 0 Å². The lowest BCUT2D eigenvalue weighted by Crippen LogP contribution is -2.14. The van der Waals surface area contributed by atoms with Crippen LogP contribution < -0.4 is 11.1 Å². The van der Waals surface area contributed by atoms with Crippen LogP contribution >= 0.6 is 12.4 Å². The molecule has 108 valence electrons. The van der Waals surface area contributed by atoms with Gasteiger partial charge in [-0.25, -0.2) is 0 Å². The second-order valence-corrected chi connectivity index (χ2v) is 4.86. The lowest BCUT2D eigenvalue weighted by molar-refractivity contribution is 0.623. The highest BCUT2D eigenvalue weighted by Crippen LogP contribution is 2.08. The predicted octanol–water partition coefficient (Wildman–Crippen LogP) is 3.80. The zero-order chi connectivity index (χ0) is 13.3. The van der Waals surface area contributed by atoms with Crippen LogP contribution in [-0.4, -0.2) is 6.54 Å². The van der Waals surface area contributed by atoms with Gasteiger partial charge in [-0.05, 0) is 49.1 Å². The maximum absolute atomic E-state index is 5.67. The van der Waals surface area contributed by atoms with E-state index in [0.29, 0.717) is 0 Å². The number of nitrogen functional groups attached to an aromatic ring is 1. The Morgan fingerprint density at radius 3 is 2.20 bits per heavy atom. The van der Waals surface area contributed by atoms with Crippen molar-refractivity contribution in [2.24, 2.45) is 0 Å². The first-order chi connectivity index (χ1) is 9.34. The fourth-order valence-electron chi connectivity index (χ4n) is 2.09. The van der Waals surface area contributed by atoms with E-state index >= 15 is 0 Å². The van der Waals surface area contributed by atoms with Crippen LogP contribution in [0.25, 0.3) is 0 Å². The molecule has 0 spiro atoms. The van der Waals surface area contributed by atoms with Crippen molar-refractivity contribution in [1.29, 1.82) is 0 Å². The average molecular weight is 291 g/mol. The van der Waals surface area contributed by atoms with Crippen LogP contribution in [-0.2, 0) is 13.0 Å². The lowest BCUT2D eigenvalue weighted by Gasteiger charge is -2.05. The molecule has 3 N–H and O–H groups in total. The van der Waals surface area contributed by atoms with E-state index in [1.807, 2.05) is 12.1 Å². The van der Waals surface area contributed by atoms with Crippen molar-refractivity contribution in [2.45, 2.75) is 25.8 Å². The number of nitrogens with one attached hydrogen (secondary N) is 1. The number of hydrogen-bond donors (Lipinski definition) is 2. The largest absolute Gasteiger partial charge is 0.399 e. The van der Waals surface area contributed by atoms with Gasteiger partial charge in [-0.3, -0.25) is 0 Å². The summed E-state index contributed by atoms with van der Waals surface area (Å²) in [6.45, 7) is 2.03. The quantitative estimate of drug-likeness (QED) is 0.601. The number of anilines is 1. The summed E-state index contributed by atoms with van der Waals surface area (Å²) in [5, 5.41) is 3.48. The third-order valence-electron chi connectivity index (χ3n) is 3.22. The monoisotopic (exact) mass is 290 g/mol. The van der Waals surface area contributed by atoms with Crippen LogP contribution in [0.3, 0.4) is 0 Å². The Bertz CT molecular complexity index is 468. The Hall–Kier alpha value is -1.51. The standard InChI is InChI=1S/C17H22N2.ClH/c18-17-11-9-15(10-12-17)6-4-5-13-19-14-16-7-2-1-3-8-16;/h1-3,7-12,19H,4-6,13-14,18H2;1H. The molecule has 0 radical (unpaired) electrons. The number of halogens is 1. The minimum atomic E-state index is 0. The van der Waals surface area contributed by atoms with Gasteiger partial charge in [0.25, 0.3) is 0 Å². The number of aryl methyl sites for hydroxylation is 1. The van der Waals surface area contributed by atoms with E-state index < -0.39 is 0 Å². The Morgan fingerprint density at radius 1 is 0.800 bits per heavy atom. The first-order valence-electron chi connectivity index (χ1n) is 6.93. The number of unbranched alkanes of at least 4 members (excludes halogenated alkanes) is 1. The van der Waals surface area contributed by atoms with E-state index in [-0.39, 0.29) is 12.4 Å². The van der Waals surface area contributed by atoms with E-state index in [9.17, 15) is 0 Å². The molecule has 0 aliphatic rings. The van der Waals surface area contributed by atoms with E-state index in [2.05, 4.69) is 47.8 Å². The minimum absolute atomic E-state index is 0. The number of benzene rings is 2. The third-order valence-corrected chi connectivity index (χ3v) is 3.22. The summed E-state index contributed by atoms with van der Waals surface area (Å²) in [4.78, 5) is 0. The molecule has 2 aromatic rings. The Labute approximate surface area is 127 Å². The van der Waals surface area contributed by atoms with Crippen LogP contribution in [0, 0.1) is 0 Å². The van der Waals surface area contributed by atoms with Gasteiger partial charge >= 0.3 is 0 Å². The molecule has 0 aliphatic carbocycles. The van der Waals surface area contributed by atoms with Crippen molar-refractivity contribution in [1.82, 2.24) is 5.32 Å².